The molecule has 78 valence electrons. The molecule has 0 radical (unpaired) electrons. The third kappa shape index (κ3) is 2.90. The van der Waals surface area contributed by atoms with Gasteiger partial charge in [-0.2, -0.15) is 13.2 Å². The third-order valence-corrected chi connectivity index (χ3v) is 1.69. The van der Waals surface area contributed by atoms with Crippen LogP contribution in [-0.2, 0) is 0 Å². The summed E-state index contributed by atoms with van der Waals surface area (Å²) in [5, 5.41) is 2.02. The van der Waals surface area contributed by atoms with E-state index in [0.717, 1.165) is 6.07 Å². The highest BCUT2D eigenvalue weighted by molar-refractivity contribution is 5.51. The molecular weight excluding hydrogens is 198 g/mol. The Morgan fingerprint density at radius 1 is 1.29 bits per heavy atom. The van der Waals surface area contributed by atoms with Gasteiger partial charge in [-0.1, -0.05) is 12.1 Å². The zero-order valence-electron chi connectivity index (χ0n) is 7.45. The van der Waals surface area contributed by atoms with Gasteiger partial charge in [0.25, 0.3) is 0 Å². The van der Waals surface area contributed by atoms with Crippen molar-refractivity contribution in [2.24, 2.45) is 0 Å². The summed E-state index contributed by atoms with van der Waals surface area (Å²) in [7, 11) is 0. The molecule has 0 amide bonds. The van der Waals surface area contributed by atoms with Crippen molar-refractivity contribution in [3.8, 4) is 0 Å². The SMILES string of the molecule is Cc1cccc(F)c1NCC(F)(F)F. The Morgan fingerprint density at radius 2 is 1.93 bits per heavy atom. The first-order valence-electron chi connectivity index (χ1n) is 3.96. The Kier molecular flexibility index (Phi) is 2.98. The molecule has 1 rings (SSSR count). The molecule has 0 saturated heterocycles. The fraction of sp³-hybridized carbons (Fsp3) is 0.333. The summed E-state index contributed by atoms with van der Waals surface area (Å²) in [5.41, 5.74) is 0.360. The van der Waals surface area contributed by atoms with E-state index in [9.17, 15) is 17.6 Å². The van der Waals surface area contributed by atoms with Gasteiger partial charge in [0.15, 0.2) is 0 Å². The number of rotatable bonds is 2. The molecule has 0 heterocycles. The smallest absolute Gasteiger partial charge is 0.374 e. The summed E-state index contributed by atoms with van der Waals surface area (Å²) in [6.45, 7) is 0.316. The molecule has 0 aromatic heterocycles. The Hall–Kier alpha value is -1.26. The predicted octanol–water partition coefficient (Wildman–Crippen LogP) is 3.11. The van der Waals surface area contributed by atoms with Crippen LogP contribution >= 0.6 is 0 Å². The van der Waals surface area contributed by atoms with Gasteiger partial charge < -0.3 is 5.32 Å². The van der Waals surface area contributed by atoms with Crippen LogP contribution in [0.25, 0.3) is 0 Å². The molecule has 0 saturated carbocycles. The van der Waals surface area contributed by atoms with E-state index in [1.165, 1.54) is 6.07 Å². The van der Waals surface area contributed by atoms with Gasteiger partial charge >= 0.3 is 6.18 Å². The van der Waals surface area contributed by atoms with E-state index in [4.69, 9.17) is 0 Å². The van der Waals surface area contributed by atoms with Crippen LogP contribution in [0.15, 0.2) is 18.2 Å². The number of aryl methyl sites for hydroxylation is 1. The summed E-state index contributed by atoms with van der Waals surface area (Å²) < 4.78 is 48.5. The van der Waals surface area contributed by atoms with Gasteiger partial charge in [-0.15, -0.1) is 0 Å². The fourth-order valence-corrected chi connectivity index (χ4v) is 1.04. The first-order valence-corrected chi connectivity index (χ1v) is 3.96. The van der Waals surface area contributed by atoms with Gasteiger partial charge in [0, 0.05) is 0 Å². The van der Waals surface area contributed by atoms with E-state index in [0.29, 0.717) is 5.56 Å². The molecule has 0 fully saturated rings. The van der Waals surface area contributed by atoms with Crippen molar-refractivity contribution in [3.63, 3.8) is 0 Å². The highest BCUT2D eigenvalue weighted by Crippen LogP contribution is 2.21. The maximum Gasteiger partial charge on any atom is 0.405 e. The van der Waals surface area contributed by atoms with Crippen LogP contribution < -0.4 is 5.32 Å². The molecule has 0 aliphatic carbocycles. The second-order valence-electron chi connectivity index (χ2n) is 2.90. The van der Waals surface area contributed by atoms with Gasteiger partial charge in [-0.25, -0.2) is 4.39 Å². The number of halogens is 4. The van der Waals surface area contributed by atoms with Crippen LogP contribution in [0.2, 0.25) is 0 Å². The van der Waals surface area contributed by atoms with Gasteiger partial charge in [0.05, 0.1) is 5.69 Å². The van der Waals surface area contributed by atoms with Crippen molar-refractivity contribution in [1.82, 2.24) is 0 Å². The van der Waals surface area contributed by atoms with Crippen LogP contribution in [0.3, 0.4) is 0 Å². The van der Waals surface area contributed by atoms with Crippen molar-refractivity contribution >= 4 is 5.69 Å². The van der Waals surface area contributed by atoms with Crippen molar-refractivity contribution < 1.29 is 17.6 Å². The number of benzene rings is 1. The third-order valence-electron chi connectivity index (χ3n) is 1.69. The van der Waals surface area contributed by atoms with Crippen molar-refractivity contribution in [2.75, 3.05) is 11.9 Å². The molecule has 0 aliphatic rings. The van der Waals surface area contributed by atoms with Gasteiger partial charge in [0.2, 0.25) is 0 Å². The maximum absolute atomic E-state index is 13.0. The standard InChI is InChI=1S/C9H9F4N/c1-6-3-2-4-7(10)8(6)14-5-9(11,12)13/h2-4,14H,5H2,1H3. The van der Waals surface area contributed by atoms with Crippen LogP contribution in [0.4, 0.5) is 23.2 Å². The quantitative estimate of drug-likeness (QED) is 0.734. The van der Waals surface area contributed by atoms with E-state index in [2.05, 4.69) is 0 Å². The Balaban J connectivity index is 2.77. The van der Waals surface area contributed by atoms with Gasteiger partial charge in [-0.3, -0.25) is 0 Å². The lowest BCUT2D eigenvalue weighted by Crippen LogP contribution is -2.22. The largest absolute Gasteiger partial charge is 0.405 e. The summed E-state index contributed by atoms with van der Waals surface area (Å²) in [5.74, 6) is -0.672. The number of hydrogen-bond acceptors (Lipinski definition) is 1. The molecule has 0 unspecified atom stereocenters. The van der Waals surface area contributed by atoms with Crippen LogP contribution in [0.5, 0.6) is 0 Å². The number of anilines is 1. The summed E-state index contributed by atoms with van der Waals surface area (Å²) in [4.78, 5) is 0. The molecule has 1 nitrogen and oxygen atoms in total. The average Bonchev–Trinajstić information content (AvgIpc) is 2.01. The lowest BCUT2D eigenvalue weighted by molar-refractivity contribution is -0.115. The van der Waals surface area contributed by atoms with Crippen molar-refractivity contribution in [1.29, 1.82) is 0 Å². The first-order chi connectivity index (χ1) is 6.40. The highest BCUT2D eigenvalue weighted by atomic mass is 19.4. The molecule has 14 heavy (non-hydrogen) atoms. The molecule has 0 atom stereocenters. The summed E-state index contributed by atoms with van der Waals surface area (Å²) in [6, 6.07) is 4.11. The van der Waals surface area contributed by atoms with Crippen LogP contribution in [0.1, 0.15) is 5.56 Å². The van der Waals surface area contributed by atoms with Crippen molar-refractivity contribution in [2.45, 2.75) is 13.1 Å². The summed E-state index contributed by atoms with van der Waals surface area (Å²) >= 11 is 0. The number of hydrogen-bond donors (Lipinski definition) is 1. The minimum atomic E-state index is -4.34. The Labute approximate surface area is 78.7 Å². The average molecular weight is 207 g/mol. The minimum absolute atomic E-state index is 0.0928. The molecule has 0 spiro atoms. The number of nitrogens with one attached hydrogen (secondary N) is 1. The predicted molar refractivity (Wildman–Crippen MR) is 45.7 cm³/mol. The topological polar surface area (TPSA) is 12.0 Å². The van der Waals surface area contributed by atoms with Crippen LogP contribution in [0, 0.1) is 12.7 Å². The van der Waals surface area contributed by atoms with E-state index >= 15 is 0 Å². The Bertz CT molecular complexity index is 299. The lowest BCUT2D eigenvalue weighted by Gasteiger charge is -2.12. The second-order valence-corrected chi connectivity index (χ2v) is 2.90. The van der Waals surface area contributed by atoms with E-state index in [1.807, 2.05) is 5.32 Å². The van der Waals surface area contributed by atoms with E-state index in [-0.39, 0.29) is 5.69 Å². The maximum atomic E-state index is 13.0. The Morgan fingerprint density at radius 3 is 2.43 bits per heavy atom. The minimum Gasteiger partial charge on any atom is -0.374 e. The lowest BCUT2D eigenvalue weighted by atomic mass is 10.2. The summed E-state index contributed by atoms with van der Waals surface area (Å²) in [6.07, 6.45) is -4.34. The molecule has 5 heteroatoms. The monoisotopic (exact) mass is 207 g/mol. The first kappa shape index (κ1) is 10.8. The van der Waals surface area contributed by atoms with Gasteiger partial charge in [-0.05, 0) is 18.6 Å². The molecule has 0 aliphatic heterocycles. The number of para-hydroxylation sites is 1. The van der Waals surface area contributed by atoms with Crippen molar-refractivity contribution in [3.05, 3.63) is 29.6 Å². The van der Waals surface area contributed by atoms with E-state index in [1.54, 1.807) is 13.0 Å². The highest BCUT2D eigenvalue weighted by Gasteiger charge is 2.27. The molecule has 0 bridgehead atoms. The fourth-order valence-electron chi connectivity index (χ4n) is 1.04. The van der Waals surface area contributed by atoms with Crippen LogP contribution in [-0.4, -0.2) is 12.7 Å². The normalized spacial score (nSPS) is 11.5. The zero-order chi connectivity index (χ0) is 10.8. The molecule has 1 aromatic carbocycles. The molecule has 1 aromatic rings. The molecule has 1 N–H and O–H groups in total. The van der Waals surface area contributed by atoms with Gasteiger partial charge in [0.1, 0.15) is 12.4 Å². The van der Waals surface area contributed by atoms with E-state index < -0.39 is 18.5 Å². The number of alkyl halides is 3. The zero-order valence-corrected chi connectivity index (χ0v) is 7.45. The molecular formula is C9H9F4N. The second kappa shape index (κ2) is 3.86.